The van der Waals surface area contributed by atoms with Crippen LogP contribution in [0.2, 0.25) is 0 Å². The number of rotatable bonds is 6. The minimum Gasteiger partial charge on any atom is -0.353 e. The average molecular weight is 312 g/mol. The van der Waals surface area contributed by atoms with Gasteiger partial charge in [0.2, 0.25) is 5.91 Å². The van der Waals surface area contributed by atoms with Gasteiger partial charge in [0.05, 0.1) is 0 Å². The normalized spacial score (nSPS) is 14.0. The maximum Gasteiger partial charge on any atom is 0.220 e. The minimum absolute atomic E-state index is 0.135. The van der Waals surface area contributed by atoms with Gasteiger partial charge in [0.25, 0.3) is 0 Å². The summed E-state index contributed by atoms with van der Waals surface area (Å²) in [7, 11) is 0. The summed E-state index contributed by atoms with van der Waals surface area (Å²) in [6.07, 6.45) is 1.37. The number of aryl methyl sites for hydroxylation is 2. The van der Waals surface area contributed by atoms with Crippen molar-refractivity contribution in [1.82, 2.24) is 5.32 Å². The highest BCUT2D eigenvalue weighted by Gasteiger charge is 2.13. The molecule has 0 bridgehead atoms. The van der Waals surface area contributed by atoms with E-state index < -0.39 is 0 Å². The van der Waals surface area contributed by atoms with Gasteiger partial charge < -0.3 is 5.32 Å². The molecule has 0 spiro atoms. The smallest absolute Gasteiger partial charge is 0.220 e. The van der Waals surface area contributed by atoms with Crippen LogP contribution in [-0.2, 0) is 11.2 Å². The van der Waals surface area contributed by atoms with Gasteiger partial charge in [0.15, 0.2) is 0 Å². The van der Waals surface area contributed by atoms with E-state index in [2.05, 4.69) is 66.3 Å². The number of alkyl halides is 1. The largest absolute Gasteiger partial charge is 0.353 e. The fourth-order valence-corrected chi connectivity index (χ4v) is 2.18. The third-order valence-corrected chi connectivity index (χ3v) is 4.27. The molecule has 0 aliphatic heterocycles. The SMILES string of the molecule is Cc1ccc(CCC(=O)NC(C)C(C)CBr)cc1. The molecule has 1 aromatic carbocycles. The molecule has 18 heavy (non-hydrogen) atoms. The van der Waals surface area contributed by atoms with Crippen LogP contribution in [0.15, 0.2) is 24.3 Å². The summed E-state index contributed by atoms with van der Waals surface area (Å²) in [5, 5.41) is 3.95. The van der Waals surface area contributed by atoms with Crippen molar-refractivity contribution in [2.45, 2.75) is 39.7 Å². The van der Waals surface area contributed by atoms with Gasteiger partial charge in [0, 0.05) is 17.8 Å². The molecule has 1 amide bonds. The van der Waals surface area contributed by atoms with E-state index in [0.29, 0.717) is 12.3 Å². The standard InChI is InChI=1S/C15H22BrNO/c1-11-4-6-14(7-5-11)8-9-15(18)17-13(3)12(2)10-16/h4-7,12-13H,8-10H2,1-3H3,(H,17,18). The lowest BCUT2D eigenvalue weighted by Gasteiger charge is -2.19. The Morgan fingerprint density at radius 1 is 1.28 bits per heavy atom. The fraction of sp³-hybridized carbons (Fsp3) is 0.533. The van der Waals surface area contributed by atoms with Crippen LogP contribution in [0, 0.1) is 12.8 Å². The summed E-state index contributed by atoms with van der Waals surface area (Å²) >= 11 is 3.44. The molecule has 0 aliphatic carbocycles. The van der Waals surface area contributed by atoms with Crippen LogP contribution >= 0.6 is 15.9 Å². The molecule has 0 saturated heterocycles. The van der Waals surface area contributed by atoms with Gasteiger partial charge >= 0.3 is 0 Å². The van der Waals surface area contributed by atoms with E-state index in [1.165, 1.54) is 11.1 Å². The van der Waals surface area contributed by atoms with E-state index in [1.807, 2.05) is 0 Å². The van der Waals surface area contributed by atoms with Gasteiger partial charge in [-0.15, -0.1) is 0 Å². The Morgan fingerprint density at radius 3 is 2.44 bits per heavy atom. The molecule has 1 rings (SSSR count). The molecule has 1 N–H and O–H groups in total. The molecule has 0 radical (unpaired) electrons. The highest BCUT2D eigenvalue weighted by Crippen LogP contribution is 2.08. The molecule has 0 heterocycles. The minimum atomic E-state index is 0.135. The molecule has 1 aromatic rings. The lowest BCUT2D eigenvalue weighted by atomic mass is 10.1. The zero-order chi connectivity index (χ0) is 13.5. The van der Waals surface area contributed by atoms with Crippen molar-refractivity contribution in [1.29, 1.82) is 0 Å². The average Bonchev–Trinajstić information content (AvgIpc) is 2.37. The van der Waals surface area contributed by atoms with Crippen molar-refractivity contribution in [2.75, 3.05) is 5.33 Å². The highest BCUT2D eigenvalue weighted by atomic mass is 79.9. The lowest BCUT2D eigenvalue weighted by Crippen LogP contribution is -2.37. The Hall–Kier alpha value is -0.830. The van der Waals surface area contributed by atoms with Crippen molar-refractivity contribution in [3.05, 3.63) is 35.4 Å². The van der Waals surface area contributed by atoms with E-state index in [0.717, 1.165) is 11.8 Å². The lowest BCUT2D eigenvalue weighted by molar-refractivity contribution is -0.121. The summed E-state index contributed by atoms with van der Waals surface area (Å²) in [6, 6.07) is 8.57. The van der Waals surface area contributed by atoms with Crippen molar-refractivity contribution < 1.29 is 4.79 Å². The molecule has 2 atom stereocenters. The summed E-state index contributed by atoms with van der Waals surface area (Å²) < 4.78 is 0. The van der Waals surface area contributed by atoms with Crippen molar-refractivity contribution >= 4 is 21.8 Å². The molecular weight excluding hydrogens is 290 g/mol. The van der Waals surface area contributed by atoms with Crippen LogP contribution in [0.3, 0.4) is 0 Å². The number of hydrogen-bond acceptors (Lipinski definition) is 1. The predicted octanol–water partition coefficient (Wildman–Crippen LogP) is 3.46. The fourth-order valence-electron chi connectivity index (χ4n) is 1.61. The van der Waals surface area contributed by atoms with Crippen LogP contribution < -0.4 is 5.32 Å². The van der Waals surface area contributed by atoms with Gasteiger partial charge in [0.1, 0.15) is 0 Å². The first-order valence-electron chi connectivity index (χ1n) is 6.43. The Morgan fingerprint density at radius 2 is 1.89 bits per heavy atom. The van der Waals surface area contributed by atoms with Crippen LogP contribution in [0.25, 0.3) is 0 Å². The van der Waals surface area contributed by atoms with Crippen LogP contribution in [0.1, 0.15) is 31.4 Å². The van der Waals surface area contributed by atoms with Gasteiger partial charge in [-0.05, 0) is 31.7 Å². The van der Waals surface area contributed by atoms with Crippen LogP contribution in [0.5, 0.6) is 0 Å². The number of carbonyl (C=O) groups excluding carboxylic acids is 1. The molecule has 0 saturated carbocycles. The molecule has 0 fully saturated rings. The van der Waals surface area contributed by atoms with E-state index in [9.17, 15) is 4.79 Å². The summed E-state index contributed by atoms with van der Waals surface area (Å²) in [6.45, 7) is 6.25. The van der Waals surface area contributed by atoms with Gasteiger partial charge in [-0.3, -0.25) is 4.79 Å². The second-order valence-electron chi connectivity index (χ2n) is 4.97. The first kappa shape index (κ1) is 15.2. The van der Waals surface area contributed by atoms with Crippen molar-refractivity contribution in [3.8, 4) is 0 Å². The predicted molar refractivity (Wildman–Crippen MR) is 80.1 cm³/mol. The monoisotopic (exact) mass is 311 g/mol. The molecule has 3 heteroatoms. The maximum atomic E-state index is 11.8. The first-order valence-corrected chi connectivity index (χ1v) is 7.56. The van der Waals surface area contributed by atoms with Crippen LogP contribution in [0.4, 0.5) is 0 Å². The van der Waals surface area contributed by atoms with Gasteiger partial charge in [-0.25, -0.2) is 0 Å². The quantitative estimate of drug-likeness (QED) is 0.801. The molecule has 0 aliphatic rings. The second kappa shape index (κ2) is 7.57. The summed E-state index contributed by atoms with van der Waals surface area (Å²) in [4.78, 5) is 11.8. The van der Waals surface area contributed by atoms with Crippen molar-refractivity contribution in [2.24, 2.45) is 5.92 Å². The Balaban J connectivity index is 2.35. The number of carbonyl (C=O) groups is 1. The molecule has 100 valence electrons. The first-order chi connectivity index (χ1) is 8.52. The third kappa shape index (κ3) is 5.21. The van der Waals surface area contributed by atoms with Crippen molar-refractivity contribution in [3.63, 3.8) is 0 Å². The molecule has 2 nitrogen and oxygen atoms in total. The Bertz CT molecular complexity index is 375. The second-order valence-corrected chi connectivity index (χ2v) is 5.62. The third-order valence-electron chi connectivity index (χ3n) is 3.25. The number of nitrogens with one attached hydrogen (secondary N) is 1. The number of halogens is 1. The highest BCUT2D eigenvalue weighted by molar-refractivity contribution is 9.09. The summed E-state index contributed by atoms with van der Waals surface area (Å²) in [5.74, 6) is 0.587. The Kier molecular flexibility index (Phi) is 6.41. The van der Waals surface area contributed by atoms with Crippen LogP contribution in [-0.4, -0.2) is 17.3 Å². The van der Waals surface area contributed by atoms with E-state index in [1.54, 1.807) is 0 Å². The Labute approximate surface area is 118 Å². The number of hydrogen-bond donors (Lipinski definition) is 1. The van der Waals surface area contributed by atoms with Gasteiger partial charge in [-0.2, -0.15) is 0 Å². The molecule has 2 unspecified atom stereocenters. The zero-order valence-electron chi connectivity index (χ0n) is 11.4. The number of benzene rings is 1. The number of amides is 1. The van der Waals surface area contributed by atoms with E-state index >= 15 is 0 Å². The maximum absolute atomic E-state index is 11.8. The van der Waals surface area contributed by atoms with E-state index in [-0.39, 0.29) is 11.9 Å². The zero-order valence-corrected chi connectivity index (χ0v) is 13.0. The molecular formula is C15H22BrNO. The van der Waals surface area contributed by atoms with E-state index in [4.69, 9.17) is 0 Å². The molecule has 0 aromatic heterocycles. The van der Waals surface area contributed by atoms with Gasteiger partial charge in [-0.1, -0.05) is 52.7 Å². The topological polar surface area (TPSA) is 29.1 Å². The summed E-state index contributed by atoms with van der Waals surface area (Å²) in [5.41, 5.74) is 2.47.